The zero-order valence-corrected chi connectivity index (χ0v) is 14.7. The summed E-state index contributed by atoms with van der Waals surface area (Å²) in [5.74, 6) is 0.742. The highest BCUT2D eigenvalue weighted by Gasteiger charge is 2.33. The molecular weight excluding hydrogens is 244 g/mol. The van der Waals surface area contributed by atoms with Gasteiger partial charge in [-0.25, -0.2) is 0 Å². The van der Waals surface area contributed by atoms with Gasteiger partial charge in [0.05, 0.1) is 0 Å². The van der Waals surface area contributed by atoms with E-state index in [9.17, 15) is 0 Å². The monoisotopic (exact) mass is 274 g/mol. The molecule has 1 rings (SSSR count). The molecule has 0 aromatic heterocycles. The third-order valence-corrected chi connectivity index (χ3v) is 4.98. The number of hydrogen-bond donors (Lipinski definition) is 0. The van der Waals surface area contributed by atoms with Crippen molar-refractivity contribution in [3.05, 3.63) is 0 Å². The van der Waals surface area contributed by atoms with Crippen LogP contribution in [0.4, 0.5) is 0 Å². The maximum atomic E-state index is 6.27. The first-order valence-corrected chi connectivity index (χ1v) is 13.7. The van der Waals surface area contributed by atoms with Gasteiger partial charge in [0.2, 0.25) is 0 Å². The molecule has 17 heavy (non-hydrogen) atoms. The van der Waals surface area contributed by atoms with E-state index in [1.807, 2.05) is 0 Å². The van der Waals surface area contributed by atoms with Crippen LogP contribution in [0, 0.1) is 5.92 Å². The second kappa shape index (κ2) is 5.55. The van der Waals surface area contributed by atoms with Gasteiger partial charge < -0.3 is 8.85 Å². The van der Waals surface area contributed by atoms with Gasteiger partial charge in [-0.2, -0.15) is 0 Å². The van der Waals surface area contributed by atoms with Crippen molar-refractivity contribution in [1.82, 2.24) is 0 Å². The number of hydrogen-bond acceptors (Lipinski definition) is 2. The standard InChI is InChI=1S/C13H30O2Si2/c1-11-8-12(14-16(2,3)4)10-13(9-11)15-17(5,6)7/h11-13H,8-10H2,1-7H3/t11?,12-,13+. The van der Waals surface area contributed by atoms with Crippen LogP contribution < -0.4 is 0 Å². The predicted molar refractivity (Wildman–Crippen MR) is 79.5 cm³/mol. The Morgan fingerprint density at radius 2 is 1.06 bits per heavy atom. The molecule has 0 aromatic carbocycles. The van der Waals surface area contributed by atoms with Crippen LogP contribution in [0.3, 0.4) is 0 Å². The summed E-state index contributed by atoms with van der Waals surface area (Å²) in [6.07, 6.45) is 4.42. The van der Waals surface area contributed by atoms with Crippen molar-refractivity contribution in [3.8, 4) is 0 Å². The molecule has 0 aromatic rings. The van der Waals surface area contributed by atoms with E-state index in [0.717, 1.165) is 12.3 Å². The summed E-state index contributed by atoms with van der Waals surface area (Å²) >= 11 is 0. The minimum atomic E-state index is -1.41. The van der Waals surface area contributed by atoms with Crippen LogP contribution in [0.1, 0.15) is 26.2 Å². The van der Waals surface area contributed by atoms with E-state index in [1.54, 1.807) is 0 Å². The van der Waals surface area contributed by atoms with E-state index in [0.29, 0.717) is 12.2 Å². The minimum absolute atomic E-state index is 0.437. The lowest BCUT2D eigenvalue weighted by Crippen LogP contribution is -2.42. The van der Waals surface area contributed by atoms with E-state index in [4.69, 9.17) is 8.85 Å². The van der Waals surface area contributed by atoms with Crippen molar-refractivity contribution in [2.24, 2.45) is 5.92 Å². The Labute approximate surface area is 109 Å². The molecule has 0 aliphatic heterocycles. The van der Waals surface area contributed by atoms with E-state index in [-0.39, 0.29) is 0 Å². The van der Waals surface area contributed by atoms with Crippen LogP contribution in [0.15, 0.2) is 0 Å². The highest BCUT2D eigenvalue weighted by molar-refractivity contribution is 6.70. The van der Waals surface area contributed by atoms with Gasteiger partial charge >= 0.3 is 0 Å². The molecule has 0 saturated heterocycles. The van der Waals surface area contributed by atoms with Crippen molar-refractivity contribution >= 4 is 16.6 Å². The molecule has 3 atom stereocenters. The summed E-state index contributed by atoms with van der Waals surface area (Å²) in [5.41, 5.74) is 0. The van der Waals surface area contributed by atoms with Gasteiger partial charge in [-0.1, -0.05) is 6.92 Å². The first kappa shape index (κ1) is 15.4. The van der Waals surface area contributed by atoms with Crippen molar-refractivity contribution in [3.63, 3.8) is 0 Å². The van der Waals surface area contributed by atoms with Gasteiger partial charge in [-0.05, 0) is 64.5 Å². The van der Waals surface area contributed by atoms with Crippen LogP contribution in [0.2, 0.25) is 39.3 Å². The van der Waals surface area contributed by atoms with E-state index < -0.39 is 16.6 Å². The zero-order valence-electron chi connectivity index (χ0n) is 12.7. The fourth-order valence-electron chi connectivity index (χ4n) is 2.67. The Morgan fingerprint density at radius 1 is 0.706 bits per heavy atom. The Bertz CT molecular complexity index is 219. The van der Waals surface area contributed by atoms with E-state index >= 15 is 0 Å². The molecule has 1 saturated carbocycles. The normalized spacial score (nSPS) is 31.6. The van der Waals surface area contributed by atoms with Crippen LogP contribution in [0.5, 0.6) is 0 Å². The maximum absolute atomic E-state index is 6.27. The summed E-state index contributed by atoms with van der Waals surface area (Å²) in [6.45, 7) is 16.0. The molecule has 0 bridgehead atoms. The summed E-state index contributed by atoms with van der Waals surface area (Å²) in [6, 6.07) is 0. The first-order valence-electron chi connectivity index (χ1n) is 6.91. The van der Waals surface area contributed by atoms with Crippen LogP contribution >= 0.6 is 0 Å². The lowest BCUT2D eigenvalue weighted by molar-refractivity contribution is 0.0370. The quantitative estimate of drug-likeness (QED) is 0.714. The molecule has 0 amide bonds. The molecular formula is C13H30O2Si2. The fraction of sp³-hybridized carbons (Fsp3) is 1.00. The van der Waals surface area contributed by atoms with Crippen LogP contribution in [-0.4, -0.2) is 28.8 Å². The molecule has 0 N–H and O–H groups in total. The van der Waals surface area contributed by atoms with E-state index in [2.05, 4.69) is 46.2 Å². The highest BCUT2D eigenvalue weighted by Crippen LogP contribution is 2.31. The van der Waals surface area contributed by atoms with Gasteiger partial charge in [-0.15, -0.1) is 0 Å². The molecule has 0 heterocycles. The SMILES string of the molecule is CC1C[C@@H](O[Si](C)(C)C)C[C@@H](O[Si](C)(C)C)C1. The summed E-state index contributed by atoms with van der Waals surface area (Å²) in [4.78, 5) is 0. The lowest BCUT2D eigenvalue weighted by Gasteiger charge is -2.38. The van der Waals surface area contributed by atoms with Gasteiger partial charge in [0.25, 0.3) is 0 Å². The third kappa shape index (κ3) is 6.74. The zero-order chi connectivity index (χ0) is 13.3. The van der Waals surface area contributed by atoms with E-state index in [1.165, 1.54) is 12.8 Å². The van der Waals surface area contributed by atoms with Gasteiger partial charge in [-0.3, -0.25) is 0 Å². The van der Waals surface area contributed by atoms with Crippen molar-refractivity contribution in [2.45, 2.75) is 77.7 Å². The van der Waals surface area contributed by atoms with Gasteiger partial charge in [0.1, 0.15) is 0 Å². The number of rotatable bonds is 4. The maximum Gasteiger partial charge on any atom is 0.184 e. The minimum Gasteiger partial charge on any atom is -0.415 e. The van der Waals surface area contributed by atoms with Crippen molar-refractivity contribution < 1.29 is 8.85 Å². The Morgan fingerprint density at radius 3 is 1.35 bits per heavy atom. The Balaban J connectivity index is 2.53. The van der Waals surface area contributed by atoms with Crippen LogP contribution in [-0.2, 0) is 8.85 Å². The van der Waals surface area contributed by atoms with Gasteiger partial charge in [0, 0.05) is 12.2 Å². The van der Waals surface area contributed by atoms with Gasteiger partial charge in [0.15, 0.2) is 16.6 Å². The Hall–Kier alpha value is 0.354. The largest absolute Gasteiger partial charge is 0.415 e. The summed E-state index contributed by atoms with van der Waals surface area (Å²) < 4.78 is 12.5. The molecule has 4 heteroatoms. The molecule has 0 radical (unpaired) electrons. The summed E-state index contributed by atoms with van der Waals surface area (Å²) in [5, 5.41) is 0. The molecule has 1 aliphatic rings. The molecule has 102 valence electrons. The van der Waals surface area contributed by atoms with Crippen LogP contribution in [0.25, 0.3) is 0 Å². The van der Waals surface area contributed by atoms with Crippen molar-refractivity contribution in [2.75, 3.05) is 0 Å². The van der Waals surface area contributed by atoms with Crippen molar-refractivity contribution in [1.29, 1.82) is 0 Å². The first-order chi connectivity index (χ1) is 7.55. The molecule has 0 spiro atoms. The molecule has 1 fully saturated rings. The highest BCUT2D eigenvalue weighted by atomic mass is 28.4. The Kier molecular flexibility index (Phi) is 5.03. The average Bonchev–Trinajstić information content (AvgIpc) is 1.93. The molecule has 1 unspecified atom stereocenters. The second-order valence-electron chi connectivity index (χ2n) is 7.52. The topological polar surface area (TPSA) is 18.5 Å². The summed E-state index contributed by atoms with van der Waals surface area (Å²) in [7, 11) is -2.81. The molecule has 2 nitrogen and oxygen atoms in total. The average molecular weight is 275 g/mol. The second-order valence-corrected chi connectivity index (χ2v) is 16.4. The fourth-order valence-corrected chi connectivity index (χ4v) is 5.06. The predicted octanol–water partition coefficient (Wildman–Crippen LogP) is 4.25. The lowest BCUT2D eigenvalue weighted by atomic mass is 9.87. The smallest absolute Gasteiger partial charge is 0.184 e. The molecule has 1 aliphatic carbocycles. The third-order valence-electron chi connectivity index (χ3n) is 2.90.